The van der Waals surface area contributed by atoms with Gasteiger partial charge in [0.05, 0.1) is 11.9 Å². The fourth-order valence-electron chi connectivity index (χ4n) is 1.48. The van der Waals surface area contributed by atoms with Gasteiger partial charge in [-0.15, -0.1) is 0 Å². The van der Waals surface area contributed by atoms with Gasteiger partial charge in [-0.05, 0) is 12.0 Å². The molecule has 0 aliphatic carbocycles. The van der Waals surface area contributed by atoms with Crippen LogP contribution in [0.4, 0.5) is 0 Å². The third-order valence-electron chi connectivity index (χ3n) is 2.16. The SMILES string of the molecule is OCCc1cn[nH]c1-c1ccccc1. The first-order valence-corrected chi connectivity index (χ1v) is 4.60. The van der Waals surface area contributed by atoms with E-state index in [0.717, 1.165) is 16.8 Å². The van der Waals surface area contributed by atoms with Gasteiger partial charge in [-0.3, -0.25) is 5.10 Å². The summed E-state index contributed by atoms with van der Waals surface area (Å²) in [4.78, 5) is 0. The van der Waals surface area contributed by atoms with E-state index in [4.69, 9.17) is 5.11 Å². The van der Waals surface area contributed by atoms with Crippen molar-refractivity contribution in [2.45, 2.75) is 6.42 Å². The lowest BCUT2D eigenvalue weighted by atomic mass is 10.1. The smallest absolute Gasteiger partial charge is 0.0683 e. The van der Waals surface area contributed by atoms with E-state index in [2.05, 4.69) is 10.2 Å². The first kappa shape index (κ1) is 8.97. The number of nitrogens with one attached hydrogen (secondary N) is 1. The molecule has 1 aromatic carbocycles. The molecule has 2 N–H and O–H groups in total. The summed E-state index contributed by atoms with van der Waals surface area (Å²) in [7, 11) is 0. The van der Waals surface area contributed by atoms with Crippen LogP contribution in [0.2, 0.25) is 0 Å². The summed E-state index contributed by atoms with van der Waals surface area (Å²) in [6.07, 6.45) is 2.40. The first-order valence-electron chi connectivity index (χ1n) is 4.60. The van der Waals surface area contributed by atoms with Gasteiger partial charge in [-0.25, -0.2) is 0 Å². The molecule has 0 radical (unpaired) electrons. The predicted octanol–water partition coefficient (Wildman–Crippen LogP) is 1.61. The normalized spacial score (nSPS) is 10.4. The van der Waals surface area contributed by atoms with Crippen LogP contribution in [0, 0.1) is 0 Å². The van der Waals surface area contributed by atoms with E-state index in [-0.39, 0.29) is 6.61 Å². The molecule has 0 fully saturated rings. The molecule has 2 aromatic rings. The summed E-state index contributed by atoms with van der Waals surface area (Å²) in [5.41, 5.74) is 3.16. The minimum atomic E-state index is 0.152. The molecule has 72 valence electrons. The zero-order valence-electron chi connectivity index (χ0n) is 7.77. The maximum absolute atomic E-state index is 8.87. The second kappa shape index (κ2) is 4.07. The van der Waals surface area contributed by atoms with Gasteiger partial charge in [-0.1, -0.05) is 30.3 Å². The Labute approximate surface area is 82.4 Å². The molecular formula is C11H12N2O. The average Bonchev–Trinajstić information content (AvgIpc) is 2.68. The Hall–Kier alpha value is -1.61. The number of aromatic amines is 1. The number of nitrogens with zero attached hydrogens (tertiary/aromatic N) is 1. The Bertz CT molecular complexity index is 395. The van der Waals surface area contributed by atoms with E-state index >= 15 is 0 Å². The highest BCUT2D eigenvalue weighted by Crippen LogP contribution is 2.20. The minimum Gasteiger partial charge on any atom is -0.396 e. The van der Waals surface area contributed by atoms with Gasteiger partial charge < -0.3 is 5.11 Å². The molecular weight excluding hydrogens is 176 g/mol. The lowest BCUT2D eigenvalue weighted by Gasteiger charge is -2.00. The zero-order chi connectivity index (χ0) is 9.80. The van der Waals surface area contributed by atoms with Crippen molar-refractivity contribution in [3.8, 4) is 11.3 Å². The number of rotatable bonds is 3. The van der Waals surface area contributed by atoms with Crippen molar-refractivity contribution in [3.05, 3.63) is 42.1 Å². The highest BCUT2D eigenvalue weighted by molar-refractivity contribution is 5.62. The number of H-pyrrole nitrogens is 1. The van der Waals surface area contributed by atoms with Gasteiger partial charge in [-0.2, -0.15) is 5.10 Å². The summed E-state index contributed by atoms with van der Waals surface area (Å²) >= 11 is 0. The summed E-state index contributed by atoms with van der Waals surface area (Å²) in [6, 6.07) is 9.99. The molecule has 1 heterocycles. The number of aliphatic hydroxyl groups excluding tert-OH is 1. The van der Waals surface area contributed by atoms with E-state index < -0.39 is 0 Å². The maximum atomic E-state index is 8.87. The van der Waals surface area contributed by atoms with Crippen molar-refractivity contribution >= 4 is 0 Å². The number of aromatic nitrogens is 2. The summed E-state index contributed by atoms with van der Waals surface area (Å²) in [5, 5.41) is 15.8. The molecule has 0 aliphatic heterocycles. The second-order valence-electron chi connectivity index (χ2n) is 3.11. The van der Waals surface area contributed by atoms with Crippen LogP contribution >= 0.6 is 0 Å². The highest BCUT2D eigenvalue weighted by Gasteiger charge is 2.05. The number of hydrogen-bond acceptors (Lipinski definition) is 2. The Morgan fingerprint density at radius 1 is 1.21 bits per heavy atom. The van der Waals surface area contributed by atoms with Crippen molar-refractivity contribution in [2.75, 3.05) is 6.61 Å². The van der Waals surface area contributed by atoms with E-state index in [9.17, 15) is 0 Å². The van der Waals surface area contributed by atoms with Crippen LogP contribution in [-0.2, 0) is 6.42 Å². The van der Waals surface area contributed by atoms with Gasteiger partial charge in [0.2, 0.25) is 0 Å². The molecule has 1 aromatic heterocycles. The summed E-state index contributed by atoms with van der Waals surface area (Å²) in [6.45, 7) is 0.152. The molecule has 3 nitrogen and oxygen atoms in total. The van der Waals surface area contributed by atoms with Crippen LogP contribution in [0.3, 0.4) is 0 Å². The molecule has 0 atom stereocenters. The van der Waals surface area contributed by atoms with Gasteiger partial charge in [0, 0.05) is 12.2 Å². The van der Waals surface area contributed by atoms with Gasteiger partial charge in [0.15, 0.2) is 0 Å². The van der Waals surface area contributed by atoms with Crippen LogP contribution in [0.5, 0.6) is 0 Å². The molecule has 0 amide bonds. The Morgan fingerprint density at radius 3 is 2.71 bits per heavy atom. The van der Waals surface area contributed by atoms with Crippen molar-refractivity contribution in [3.63, 3.8) is 0 Å². The van der Waals surface area contributed by atoms with Gasteiger partial charge >= 0.3 is 0 Å². The molecule has 0 aliphatic rings. The topological polar surface area (TPSA) is 48.9 Å². The molecule has 0 saturated heterocycles. The van der Waals surface area contributed by atoms with E-state index in [1.54, 1.807) is 6.20 Å². The predicted molar refractivity (Wildman–Crippen MR) is 54.8 cm³/mol. The molecule has 0 spiro atoms. The number of aliphatic hydroxyl groups is 1. The lowest BCUT2D eigenvalue weighted by molar-refractivity contribution is 0.300. The van der Waals surface area contributed by atoms with E-state index in [1.165, 1.54) is 0 Å². The van der Waals surface area contributed by atoms with Gasteiger partial charge in [0.25, 0.3) is 0 Å². The van der Waals surface area contributed by atoms with Crippen LogP contribution in [0.15, 0.2) is 36.5 Å². The molecule has 3 heteroatoms. The highest BCUT2D eigenvalue weighted by atomic mass is 16.2. The lowest BCUT2D eigenvalue weighted by Crippen LogP contribution is -1.91. The number of benzene rings is 1. The molecule has 0 unspecified atom stereocenters. The Kier molecular flexibility index (Phi) is 2.60. The fraction of sp³-hybridized carbons (Fsp3) is 0.182. The summed E-state index contributed by atoms with van der Waals surface area (Å²) < 4.78 is 0. The standard InChI is InChI=1S/C11H12N2O/c14-7-6-10-8-12-13-11(10)9-4-2-1-3-5-9/h1-5,8,14H,6-7H2,(H,12,13). The van der Waals surface area contributed by atoms with Crippen molar-refractivity contribution in [1.82, 2.24) is 10.2 Å². The third-order valence-corrected chi connectivity index (χ3v) is 2.16. The van der Waals surface area contributed by atoms with Crippen molar-refractivity contribution in [2.24, 2.45) is 0 Å². The Morgan fingerprint density at radius 2 is 2.00 bits per heavy atom. The molecule has 0 saturated carbocycles. The third kappa shape index (κ3) is 1.67. The quantitative estimate of drug-likeness (QED) is 0.768. The second-order valence-corrected chi connectivity index (χ2v) is 3.11. The van der Waals surface area contributed by atoms with Crippen LogP contribution in [0.1, 0.15) is 5.56 Å². The van der Waals surface area contributed by atoms with Crippen molar-refractivity contribution in [1.29, 1.82) is 0 Å². The first-order chi connectivity index (χ1) is 6.92. The van der Waals surface area contributed by atoms with Crippen LogP contribution < -0.4 is 0 Å². The minimum absolute atomic E-state index is 0.152. The maximum Gasteiger partial charge on any atom is 0.0683 e. The van der Waals surface area contributed by atoms with E-state index in [0.29, 0.717) is 6.42 Å². The largest absolute Gasteiger partial charge is 0.396 e. The molecule has 14 heavy (non-hydrogen) atoms. The van der Waals surface area contributed by atoms with Gasteiger partial charge in [0.1, 0.15) is 0 Å². The van der Waals surface area contributed by atoms with Crippen LogP contribution in [-0.4, -0.2) is 21.9 Å². The summed E-state index contributed by atoms with van der Waals surface area (Å²) in [5.74, 6) is 0. The molecule has 0 bridgehead atoms. The fourth-order valence-corrected chi connectivity index (χ4v) is 1.48. The average molecular weight is 188 g/mol. The Balaban J connectivity index is 2.37. The van der Waals surface area contributed by atoms with Crippen molar-refractivity contribution < 1.29 is 5.11 Å². The van der Waals surface area contributed by atoms with E-state index in [1.807, 2.05) is 30.3 Å². The molecule has 2 rings (SSSR count). The number of hydrogen-bond donors (Lipinski definition) is 2. The monoisotopic (exact) mass is 188 g/mol. The zero-order valence-corrected chi connectivity index (χ0v) is 7.77. The van der Waals surface area contributed by atoms with Crippen LogP contribution in [0.25, 0.3) is 11.3 Å².